The van der Waals surface area contributed by atoms with E-state index in [2.05, 4.69) is 58.3 Å². The molecular weight excluding hydrogens is 188 g/mol. The first-order valence-corrected chi connectivity index (χ1v) is 7.96. The molecule has 0 bridgehead atoms. The number of hydrogen-bond acceptors (Lipinski definition) is 2. The lowest BCUT2D eigenvalue weighted by atomic mass is 10.4. The van der Waals surface area contributed by atoms with E-state index in [1.54, 1.807) is 0 Å². The topological polar surface area (TPSA) is 15.3 Å². The number of nitrogens with one attached hydrogen (secondary N) is 1. The van der Waals surface area contributed by atoms with Crippen LogP contribution in [0.5, 0.6) is 0 Å². The lowest BCUT2D eigenvalue weighted by Gasteiger charge is -2.45. The second kappa shape index (κ2) is 5.88. The average Bonchev–Trinajstić information content (AvgIpc) is 2.11. The summed E-state index contributed by atoms with van der Waals surface area (Å²) >= 11 is 0. The van der Waals surface area contributed by atoms with Crippen LogP contribution in [0.15, 0.2) is 0 Å². The van der Waals surface area contributed by atoms with E-state index < -0.39 is 8.40 Å². The molecule has 0 aromatic carbocycles. The van der Waals surface area contributed by atoms with Crippen molar-refractivity contribution in [3.63, 3.8) is 0 Å². The Hall–Kier alpha value is 0.137. The predicted octanol–water partition coefficient (Wildman–Crippen LogP) is 2.81. The van der Waals surface area contributed by atoms with E-state index in [0.29, 0.717) is 0 Å². The first-order chi connectivity index (χ1) is 6.43. The molecule has 0 amide bonds. The zero-order valence-corrected chi connectivity index (χ0v) is 12.0. The molecule has 3 heteroatoms. The molecule has 0 aromatic heterocycles. The summed E-state index contributed by atoms with van der Waals surface area (Å²) in [5, 5.41) is 0. The fraction of sp³-hybridized carbons (Fsp3) is 1.00. The molecule has 2 atom stereocenters. The first kappa shape index (κ1) is 14.1. The van der Waals surface area contributed by atoms with Gasteiger partial charge in [0.2, 0.25) is 8.40 Å². The van der Waals surface area contributed by atoms with E-state index >= 15 is 0 Å². The SMILES string of the molecule is CCN[Si](C(C)C)(C(C)CC)N(C)C. The van der Waals surface area contributed by atoms with Crippen molar-refractivity contribution < 1.29 is 0 Å². The summed E-state index contributed by atoms with van der Waals surface area (Å²) in [5.74, 6) is 0. The molecule has 1 N–H and O–H groups in total. The summed E-state index contributed by atoms with van der Waals surface area (Å²) in [6.45, 7) is 12.7. The van der Waals surface area contributed by atoms with Crippen LogP contribution in [0, 0.1) is 0 Å². The van der Waals surface area contributed by atoms with Crippen molar-refractivity contribution in [3.8, 4) is 0 Å². The zero-order chi connectivity index (χ0) is 11.4. The van der Waals surface area contributed by atoms with Crippen LogP contribution >= 0.6 is 0 Å². The molecule has 0 heterocycles. The van der Waals surface area contributed by atoms with Gasteiger partial charge >= 0.3 is 0 Å². The van der Waals surface area contributed by atoms with Crippen molar-refractivity contribution >= 4 is 8.40 Å². The van der Waals surface area contributed by atoms with Crippen LogP contribution in [0.25, 0.3) is 0 Å². The van der Waals surface area contributed by atoms with E-state index in [9.17, 15) is 0 Å². The average molecular weight is 216 g/mol. The van der Waals surface area contributed by atoms with Crippen LogP contribution in [-0.4, -0.2) is 33.6 Å². The third kappa shape index (κ3) is 2.58. The van der Waals surface area contributed by atoms with Crippen LogP contribution in [0.2, 0.25) is 11.1 Å². The van der Waals surface area contributed by atoms with Crippen molar-refractivity contribution in [2.24, 2.45) is 0 Å². The molecule has 0 aliphatic heterocycles. The summed E-state index contributed by atoms with van der Waals surface area (Å²) in [6.07, 6.45) is 1.27. The maximum Gasteiger partial charge on any atom is 0.209 e. The van der Waals surface area contributed by atoms with Crippen LogP contribution in [0.3, 0.4) is 0 Å². The Morgan fingerprint density at radius 3 is 1.86 bits per heavy atom. The molecule has 0 radical (unpaired) electrons. The van der Waals surface area contributed by atoms with E-state index in [4.69, 9.17) is 0 Å². The molecular formula is C11H28N2Si. The van der Waals surface area contributed by atoms with Gasteiger partial charge in [-0.15, -0.1) is 0 Å². The molecule has 0 saturated carbocycles. The van der Waals surface area contributed by atoms with Crippen molar-refractivity contribution in [1.29, 1.82) is 0 Å². The second-order valence-electron chi connectivity index (χ2n) is 4.71. The second-order valence-corrected chi connectivity index (χ2v) is 9.75. The van der Waals surface area contributed by atoms with Crippen molar-refractivity contribution in [1.82, 2.24) is 9.55 Å². The lowest BCUT2D eigenvalue weighted by molar-refractivity contribution is 0.527. The fourth-order valence-corrected chi connectivity index (χ4v) is 7.97. The molecule has 0 rings (SSSR count). The molecule has 14 heavy (non-hydrogen) atoms. The van der Waals surface area contributed by atoms with Gasteiger partial charge in [-0.3, -0.25) is 0 Å². The minimum Gasteiger partial charge on any atom is -0.325 e. The van der Waals surface area contributed by atoms with Crippen molar-refractivity contribution in [2.45, 2.75) is 52.1 Å². The molecule has 0 aliphatic carbocycles. The van der Waals surface area contributed by atoms with Gasteiger partial charge in [0.05, 0.1) is 0 Å². The summed E-state index contributed by atoms with van der Waals surface area (Å²) in [7, 11) is 3.00. The predicted molar refractivity (Wildman–Crippen MR) is 67.9 cm³/mol. The Morgan fingerprint density at radius 2 is 1.64 bits per heavy atom. The first-order valence-electron chi connectivity index (χ1n) is 5.85. The van der Waals surface area contributed by atoms with Gasteiger partial charge < -0.3 is 9.55 Å². The standard InChI is InChI=1S/C11H28N2Si/c1-8-11(5)14(10(3)4,12-9-2)13(6)7/h10-12H,8-9H2,1-7H3. The van der Waals surface area contributed by atoms with Gasteiger partial charge in [-0.05, 0) is 31.7 Å². The summed E-state index contributed by atoms with van der Waals surface area (Å²) < 4.78 is 2.48. The molecule has 0 aliphatic rings. The van der Waals surface area contributed by atoms with E-state index in [1.165, 1.54) is 6.42 Å². The highest BCUT2D eigenvalue weighted by Crippen LogP contribution is 2.33. The highest BCUT2D eigenvalue weighted by atomic mass is 28.3. The molecule has 2 unspecified atom stereocenters. The maximum atomic E-state index is 3.81. The van der Waals surface area contributed by atoms with E-state index in [-0.39, 0.29) is 0 Å². The van der Waals surface area contributed by atoms with Gasteiger partial charge in [0, 0.05) is 0 Å². The minimum absolute atomic E-state index is 0.757. The summed E-state index contributed by atoms with van der Waals surface area (Å²) in [6, 6.07) is 0. The van der Waals surface area contributed by atoms with Gasteiger partial charge in [0.15, 0.2) is 0 Å². The number of hydrogen-bond donors (Lipinski definition) is 1. The van der Waals surface area contributed by atoms with E-state index in [1.807, 2.05) is 0 Å². The van der Waals surface area contributed by atoms with Gasteiger partial charge in [0.25, 0.3) is 0 Å². The highest BCUT2D eigenvalue weighted by Gasteiger charge is 2.43. The largest absolute Gasteiger partial charge is 0.325 e. The van der Waals surface area contributed by atoms with Crippen molar-refractivity contribution in [3.05, 3.63) is 0 Å². The van der Waals surface area contributed by atoms with Gasteiger partial charge in [-0.1, -0.05) is 41.0 Å². The molecule has 2 nitrogen and oxygen atoms in total. The molecule has 86 valence electrons. The number of nitrogens with zero attached hydrogens (tertiary/aromatic N) is 1. The fourth-order valence-electron chi connectivity index (χ4n) is 2.66. The number of rotatable bonds is 6. The molecule has 0 spiro atoms. The van der Waals surface area contributed by atoms with Crippen LogP contribution in [0.4, 0.5) is 0 Å². The summed E-state index contributed by atoms with van der Waals surface area (Å²) in [4.78, 5) is 3.81. The Bertz CT molecular complexity index is 149. The Labute approximate surface area is 91.2 Å². The third-order valence-corrected chi connectivity index (χ3v) is 9.52. The zero-order valence-electron chi connectivity index (χ0n) is 11.0. The maximum absolute atomic E-state index is 3.81. The van der Waals surface area contributed by atoms with Gasteiger partial charge in [-0.25, -0.2) is 0 Å². The molecule has 0 saturated heterocycles. The van der Waals surface area contributed by atoms with Gasteiger partial charge in [0.1, 0.15) is 0 Å². The van der Waals surface area contributed by atoms with Crippen LogP contribution in [0.1, 0.15) is 41.0 Å². The van der Waals surface area contributed by atoms with Crippen LogP contribution < -0.4 is 4.98 Å². The van der Waals surface area contributed by atoms with Gasteiger partial charge in [-0.2, -0.15) is 0 Å². The molecule has 0 aromatic rings. The third-order valence-electron chi connectivity index (χ3n) is 3.44. The Morgan fingerprint density at radius 1 is 1.14 bits per heavy atom. The smallest absolute Gasteiger partial charge is 0.209 e. The Kier molecular flexibility index (Phi) is 5.94. The van der Waals surface area contributed by atoms with E-state index in [0.717, 1.165) is 17.6 Å². The van der Waals surface area contributed by atoms with Crippen LogP contribution in [-0.2, 0) is 0 Å². The summed E-state index contributed by atoms with van der Waals surface area (Å²) in [5.41, 5.74) is 1.56. The lowest BCUT2D eigenvalue weighted by Crippen LogP contribution is -2.66. The Balaban J connectivity index is 4.93. The minimum atomic E-state index is -1.47. The van der Waals surface area contributed by atoms with Crippen molar-refractivity contribution in [2.75, 3.05) is 20.6 Å². The highest BCUT2D eigenvalue weighted by molar-refractivity contribution is 6.77. The quantitative estimate of drug-likeness (QED) is 0.687. The monoisotopic (exact) mass is 216 g/mol. The molecule has 0 fully saturated rings. The normalized spacial score (nSPS) is 18.6.